The van der Waals surface area contributed by atoms with Crippen molar-refractivity contribution in [3.63, 3.8) is 0 Å². The van der Waals surface area contributed by atoms with Gasteiger partial charge in [-0.1, -0.05) is 19.9 Å². The van der Waals surface area contributed by atoms with Crippen LogP contribution in [0.2, 0.25) is 0 Å². The average molecular weight is 441 g/mol. The highest BCUT2D eigenvalue weighted by Gasteiger charge is 2.43. The van der Waals surface area contributed by atoms with Gasteiger partial charge >= 0.3 is 5.97 Å². The van der Waals surface area contributed by atoms with Crippen molar-refractivity contribution in [1.82, 2.24) is 15.6 Å². The number of carbonyl (C=O) groups is 3. The molecule has 1 aromatic rings. The fourth-order valence-corrected chi connectivity index (χ4v) is 3.69. The van der Waals surface area contributed by atoms with Gasteiger partial charge in [0, 0.05) is 25.4 Å². The number of anilines is 1. The maximum Gasteiger partial charge on any atom is 0.327 e. The van der Waals surface area contributed by atoms with Gasteiger partial charge in [0.25, 0.3) is 5.91 Å². The van der Waals surface area contributed by atoms with E-state index in [-0.39, 0.29) is 30.5 Å². The molecule has 2 heterocycles. The molecule has 11 heteroatoms. The highest BCUT2D eigenvalue weighted by molar-refractivity contribution is 7.90. The van der Waals surface area contributed by atoms with Crippen LogP contribution in [0.4, 0.5) is 5.82 Å². The molecule has 0 spiro atoms. The maximum absolute atomic E-state index is 13.3. The molecule has 166 valence electrons. The number of carbonyl (C=O) groups excluding carboxylic acids is 2. The maximum atomic E-state index is 13.3. The van der Waals surface area contributed by atoms with E-state index in [0.29, 0.717) is 5.56 Å². The molecule has 1 aliphatic heterocycles. The first-order valence-electron chi connectivity index (χ1n) is 9.63. The van der Waals surface area contributed by atoms with Crippen LogP contribution in [0.5, 0.6) is 0 Å². The molecule has 3 atom stereocenters. The number of nitrogens with one attached hydrogen (secondary N) is 2. The Balaban J connectivity index is 2.16. The Hall–Kier alpha value is -2.53. The van der Waals surface area contributed by atoms with E-state index < -0.39 is 45.7 Å². The summed E-state index contributed by atoms with van der Waals surface area (Å²) >= 11 is 0. The molecule has 0 bridgehead atoms. The van der Waals surface area contributed by atoms with Crippen molar-refractivity contribution in [3.05, 3.63) is 23.9 Å². The number of hydrogen-bond acceptors (Lipinski definition) is 7. The highest BCUT2D eigenvalue weighted by Crippen LogP contribution is 2.31. The minimum Gasteiger partial charge on any atom is -0.480 e. The third-order valence-corrected chi connectivity index (χ3v) is 5.84. The summed E-state index contributed by atoms with van der Waals surface area (Å²) in [5, 5.41) is 15.1. The highest BCUT2D eigenvalue weighted by atomic mass is 32.2. The number of aromatic nitrogens is 1. The Morgan fingerprint density at radius 1 is 1.30 bits per heavy atom. The van der Waals surface area contributed by atoms with E-state index in [4.69, 9.17) is 0 Å². The largest absolute Gasteiger partial charge is 0.480 e. The van der Waals surface area contributed by atoms with E-state index >= 15 is 0 Å². The number of carboxylic acid groups (broad SMARTS) is 1. The zero-order chi connectivity index (χ0) is 22.6. The van der Waals surface area contributed by atoms with Crippen molar-refractivity contribution in [3.8, 4) is 0 Å². The number of sulfone groups is 1. The number of amides is 2. The number of pyridine rings is 1. The van der Waals surface area contributed by atoms with Gasteiger partial charge in [0.2, 0.25) is 5.91 Å². The van der Waals surface area contributed by atoms with Crippen molar-refractivity contribution in [1.29, 1.82) is 0 Å². The monoisotopic (exact) mass is 440 g/mol. The van der Waals surface area contributed by atoms with Crippen molar-refractivity contribution in [2.45, 2.75) is 45.3 Å². The van der Waals surface area contributed by atoms with Gasteiger partial charge in [0.1, 0.15) is 27.7 Å². The Labute approximate surface area is 176 Å². The molecule has 2 rings (SSSR count). The van der Waals surface area contributed by atoms with Crippen LogP contribution in [-0.4, -0.2) is 73.0 Å². The van der Waals surface area contributed by atoms with Crippen LogP contribution in [0, 0.1) is 5.92 Å². The SMILES string of the molecule is CC(C)[C@H](NC(=O)[C@H](C)NCCS(C)(=O)=O)C(=O)N1c2ncccc2C[C@H]1C(=O)O. The lowest BCUT2D eigenvalue weighted by Gasteiger charge is -2.30. The van der Waals surface area contributed by atoms with Crippen LogP contribution in [0.3, 0.4) is 0 Å². The van der Waals surface area contributed by atoms with Gasteiger partial charge < -0.3 is 15.7 Å². The predicted octanol–water partition coefficient (Wildman–Crippen LogP) is -0.413. The van der Waals surface area contributed by atoms with Gasteiger partial charge in [0.05, 0.1) is 11.8 Å². The minimum atomic E-state index is -3.17. The smallest absolute Gasteiger partial charge is 0.327 e. The second-order valence-electron chi connectivity index (χ2n) is 7.79. The van der Waals surface area contributed by atoms with Crippen LogP contribution < -0.4 is 15.5 Å². The summed E-state index contributed by atoms with van der Waals surface area (Å²) in [4.78, 5) is 42.9. The third kappa shape index (κ3) is 5.76. The summed E-state index contributed by atoms with van der Waals surface area (Å²) in [7, 11) is -3.17. The molecule has 0 unspecified atom stereocenters. The van der Waals surface area contributed by atoms with Gasteiger partial charge in [0.15, 0.2) is 0 Å². The Bertz CT molecular complexity index is 917. The van der Waals surface area contributed by atoms with Crippen LogP contribution >= 0.6 is 0 Å². The summed E-state index contributed by atoms with van der Waals surface area (Å²) in [5.74, 6) is -2.32. The molecule has 0 radical (unpaired) electrons. The molecule has 0 aromatic carbocycles. The summed E-state index contributed by atoms with van der Waals surface area (Å²) in [6.45, 7) is 5.15. The number of hydrogen-bond donors (Lipinski definition) is 3. The molecule has 10 nitrogen and oxygen atoms in total. The summed E-state index contributed by atoms with van der Waals surface area (Å²) in [5.41, 5.74) is 0.655. The molecule has 1 aromatic heterocycles. The molecule has 1 aliphatic rings. The van der Waals surface area contributed by atoms with Gasteiger partial charge in [-0.2, -0.15) is 0 Å². The standard InChI is InChI=1S/C19H28N4O6S/c1-11(2)15(22-17(24)12(3)20-8-9-30(4,28)29)18(25)23-14(19(26)27)10-13-6-5-7-21-16(13)23/h5-7,11-12,14-15,20H,8-10H2,1-4H3,(H,22,24)(H,26,27)/t12-,14-,15-/m0/s1. The molecule has 2 amide bonds. The van der Waals surface area contributed by atoms with Gasteiger partial charge in [-0.05, 0) is 24.5 Å². The lowest BCUT2D eigenvalue weighted by Crippen LogP contribution is -2.57. The number of nitrogens with zero attached hydrogens (tertiary/aromatic N) is 2. The fraction of sp³-hybridized carbons (Fsp3) is 0.579. The summed E-state index contributed by atoms with van der Waals surface area (Å²) in [6, 6.07) is 0.608. The van der Waals surface area contributed by atoms with Crippen molar-refractivity contribution < 1.29 is 27.9 Å². The fourth-order valence-electron chi connectivity index (χ4n) is 3.20. The van der Waals surface area contributed by atoms with E-state index in [1.807, 2.05) is 0 Å². The first kappa shape index (κ1) is 23.7. The van der Waals surface area contributed by atoms with E-state index in [2.05, 4.69) is 15.6 Å². The molecular weight excluding hydrogens is 412 g/mol. The number of rotatable bonds is 9. The van der Waals surface area contributed by atoms with Crippen molar-refractivity contribution in [2.24, 2.45) is 5.92 Å². The van der Waals surface area contributed by atoms with Gasteiger partial charge in [-0.15, -0.1) is 0 Å². The first-order valence-corrected chi connectivity index (χ1v) is 11.7. The lowest BCUT2D eigenvalue weighted by atomic mass is 10.0. The second-order valence-corrected chi connectivity index (χ2v) is 10.0. The van der Waals surface area contributed by atoms with E-state index in [0.717, 1.165) is 11.2 Å². The first-order chi connectivity index (χ1) is 13.9. The summed E-state index contributed by atoms with van der Waals surface area (Å²) < 4.78 is 22.5. The van der Waals surface area contributed by atoms with Crippen molar-refractivity contribution >= 4 is 33.4 Å². The van der Waals surface area contributed by atoms with E-state index in [1.165, 1.54) is 6.20 Å². The van der Waals surface area contributed by atoms with Gasteiger partial charge in [-0.3, -0.25) is 14.5 Å². The molecule has 30 heavy (non-hydrogen) atoms. The van der Waals surface area contributed by atoms with E-state index in [1.54, 1.807) is 32.9 Å². The second kappa shape index (κ2) is 9.52. The zero-order valence-electron chi connectivity index (χ0n) is 17.5. The Kier molecular flexibility index (Phi) is 7.54. The van der Waals surface area contributed by atoms with Crippen LogP contribution in [0.15, 0.2) is 18.3 Å². The van der Waals surface area contributed by atoms with E-state index in [9.17, 15) is 27.9 Å². The topological polar surface area (TPSA) is 146 Å². The van der Waals surface area contributed by atoms with Crippen molar-refractivity contribution in [2.75, 3.05) is 23.5 Å². The molecule has 0 saturated carbocycles. The molecule has 0 fully saturated rings. The Morgan fingerprint density at radius 3 is 2.53 bits per heavy atom. The predicted molar refractivity (Wildman–Crippen MR) is 111 cm³/mol. The van der Waals surface area contributed by atoms with Crippen LogP contribution in [-0.2, 0) is 30.6 Å². The van der Waals surface area contributed by atoms with Gasteiger partial charge in [-0.25, -0.2) is 18.2 Å². The molecule has 0 aliphatic carbocycles. The molecule has 3 N–H and O–H groups in total. The number of fused-ring (bicyclic) bond motifs is 1. The molecule has 0 saturated heterocycles. The number of carboxylic acids is 1. The Morgan fingerprint density at radius 2 is 1.97 bits per heavy atom. The summed E-state index contributed by atoms with van der Waals surface area (Å²) in [6.07, 6.45) is 2.74. The quantitative estimate of drug-likeness (QED) is 0.470. The average Bonchev–Trinajstić information content (AvgIpc) is 3.03. The third-order valence-electron chi connectivity index (χ3n) is 4.89. The normalized spacial score (nSPS) is 18.0. The lowest BCUT2D eigenvalue weighted by molar-refractivity contribution is -0.140. The van der Waals surface area contributed by atoms with Crippen LogP contribution in [0.1, 0.15) is 26.3 Å². The zero-order valence-corrected chi connectivity index (χ0v) is 18.3. The number of aliphatic carboxylic acids is 1. The minimum absolute atomic E-state index is 0.0955. The molecular formula is C19H28N4O6S. The van der Waals surface area contributed by atoms with Crippen LogP contribution in [0.25, 0.3) is 0 Å².